The van der Waals surface area contributed by atoms with Crippen LogP contribution in [0.25, 0.3) is 16.7 Å². The first-order valence-corrected chi connectivity index (χ1v) is 11.4. The minimum atomic E-state index is -0.397. The quantitative estimate of drug-likeness (QED) is 0.245. The molecule has 4 rings (SSSR count). The average Bonchev–Trinajstić information content (AvgIpc) is 3.37. The number of aryl methyl sites for hydroxylation is 1. The molecule has 1 amide bonds. The van der Waals surface area contributed by atoms with Crippen LogP contribution in [-0.2, 0) is 9.53 Å². The van der Waals surface area contributed by atoms with E-state index in [1.807, 2.05) is 0 Å². The van der Waals surface area contributed by atoms with Gasteiger partial charge < -0.3 is 10.1 Å². The van der Waals surface area contributed by atoms with Gasteiger partial charge in [-0.1, -0.05) is 11.8 Å². The number of aromatic nitrogens is 4. The van der Waals surface area contributed by atoms with Crippen LogP contribution < -0.4 is 5.32 Å². The molecule has 11 heteroatoms. The van der Waals surface area contributed by atoms with Gasteiger partial charge in [0.05, 0.1) is 34.6 Å². The minimum absolute atomic E-state index is 0.111. The van der Waals surface area contributed by atoms with Crippen LogP contribution in [0.2, 0.25) is 0 Å². The molecule has 0 aliphatic carbocycles. The van der Waals surface area contributed by atoms with E-state index in [4.69, 9.17) is 4.74 Å². The zero-order valence-corrected chi connectivity index (χ0v) is 18.8. The molecular formula is C21H18FN5O3S2. The SMILES string of the molecule is CCOC(=O)c1sc(NC(=O)CSc2ncnc3c2cnn3-c2ccc(F)cc2)cc1C. The first kappa shape index (κ1) is 21.9. The third kappa shape index (κ3) is 4.63. The largest absolute Gasteiger partial charge is 0.462 e. The van der Waals surface area contributed by atoms with Crippen LogP contribution in [0.5, 0.6) is 0 Å². The predicted molar refractivity (Wildman–Crippen MR) is 121 cm³/mol. The topological polar surface area (TPSA) is 99.0 Å². The zero-order valence-electron chi connectivity index (χ0n) is 17.2. The molecular weight excluding hydrogens is 453 g/mol. The van der Waals surface area contributed by atoms with Crippen molar-refractivity contribution in [3.8, 4) is 5.69 Å². The lowest BCUT2D eigenvalue weighted by Gasteiger charge is -2.05. The van der Waals surface area contributed by atoms with Crippen LogP contribution in [0.4, 0.5) is 9.39 Å². The Morgan fingerprint density at radius 3 is 2.78 bits per heavy atom. The van der Waals surface area contributed by atoms with E-state index in [1.165, 1.54) is 41.6 Å². The Morgan fingerprint density at radius 1 is 1.25 bits per heavy atom. The summed E-state index contributed by atoms with van der Waals surface area (Å²) in [7, 11) is 0. The van der Waals surface area contributed by atoms with Crippen molar-refractivity contribution in [3.05, 3.63) is 59.1 Å². The standard InChI is InChI=1S/C21H18FN5O3S2/c1-3-30-21(29)18-12(2)8-17(32-18)26-16(28)10-31-20-15-9-25-27(19(15)23-11-24-20)14-6-4-13(22)5-7-14/h4-9,11H,3,10H2,1-2H3,(H,26,28). The molecule has 32 heavy (non-hydrogen) atoms. The van der Waals surface area contributed by atoms with Crippen LogP contribution in [0.15, 0.2) is 47.9 Å². The van der Waals surface area contributed by atoms with Gasteiger partial charge in [0.25, 0.3) is 0 Å². The van der Waals surface area contributed by atoms with E-state index in [-0.39, 0.29) is 17.5 Å². The monoisotopic (exact) mass is 471 g/mol. The number of hydrogen-bond donors (Lipinski definition) is 1. The predicted octanol–water partition coefficient (Wildman–Crippen LogP) is 4.23. The molecule has 0 saturated carbocycles. The van der Waals surface area contributed by atoms with Gasteiger partial charge in [0.15, 0.2) is 5.65 Å². The smallest absolute Gasteiger partial charge is 0.348 e. The van der Waals surface area contributed by atoms with Crippen LogP contribution in [0.3, 0.4) is 0 Å². The number of benzene rings is 1. The highest BCUT2D eigenvalue weighted by molar-refractivity contribution is 8.00. The molecule has 1 aromatic carbocycles. The molecule has 0 bridgehead atoms. The zero-order chi connectivity index (χ0) is 22.7. The Hall–Kier alpha value is -3.31. The molecule has 0 unspecified atom stereocenters. The molecule has 0 radical (unpaired) electrons. The summed E-state index contributed by atoms with van der Waals surface area (Å²) in [6.07, 6.45) is 3.02. The van der Waals surface area contributed by atoms with Crippen molar-refractivity contribution in [1.29, 1.82) is 0 Å². The van der Waals surface area contributed by atoms with Crippen molar-refractivity contribution in [1.82, 2.24) is 19.7 Å². The van der Waals surface area contributed by atoms with Gasteiger partial charge in [-0.3, -0.25) is 4.79 Å². The number of esters is 1. The summed E-state index contributed by atoms with van der Waals surface area (Å²) in [5.74, 6) is -0.854. The van der Waals surface area contributed by atoms with Gasteiger partial charge in [0.1, 0.15) is 22.0 Å². The first-order valence-electron chi connectivity index (χ1n) is 9.61. The number of thioether (sulfide) groups is 1. The highest BCUT2D eigenvalue weighted by Gasteiger charge is 2.17. The van der Waals surface area contributed by atoms with E-state index < -0.39 is 5.97 Å². The molecule has 164 valence electrons. The van der Waals surface area contributed by atoms with Gasteiger partial charge >= 0.3 is 5.97 Å². The molecule has 0 aliphatic rings. The van der Waals surface area contributed by atoms with E-state index in [9.17, 15) is 14.0 Å². The van der Waals surface area contributed by atoms with Crippen molar-refractivity contribution in [3.63, 3.8) is 0 Å². The molecule has 0 spiro atoms. The molecule has 8 nitrogen and oxygen atoms in total. The number of anilines is 1. The Morgan fingerprint density at radius 2 is 2.03 bits per heavy atom. The lowest BCUT2D eigenvalue weighted by Crippen LogP contribution is -2.13. The number of carbonyl (C=O) groups excluding carboxylic acids is 2. The van der Waals surface area contributed by atoms with Crippen LogP contribution in [0.1, 0.15) is 22.2 Å². The van der Waals surface area contributed by atoms with Crippen LogP contribution in [0, 0.1) is 12.7 Å². The molecule has 3 heterocycles. The Kier molecular flexibility index (Phi) is 6.47. The summed E-state index contributed by atoms with van der Waals surface area (Å²) in [6.45, 7) is 3.83. The van der Waals surface area contributed by atoms with Gasteiger partial charge in [-0.15, -0.1) is 11.3 Å². The van der Waals surface area contributed by atoms with Crippen molar-refractivity contribution < 1.29 is 18.7 Å². The average molecular weight is 472 g/mol. The van der Waals surface area contributed by atoms with Gasteiger partial charge in [-0.25, -0.2) is 23.8 Å². The molecule has 0 atom stereocenters. The maximum Gasteiger partial charge on any atom is 0.348 e. The van der Waals surface area contributed by atoms with Crippen molar-refractivity contribution >= 4 is 51.0 Å². The van der Waals surface area contributed by atoms with Crippen LogP contribution >= 0.6 is 23.1 Å². The number of carbonyl (C=O) groups is 2. The fourth-order valence-corrected chi connectivity index (χ4v) is 4.70. The number of halogens is 1. The van der Waals surface area contributed by atoms with Crippen LogP contribution in [-0.4, -0.2) is 44.0 Å². The Labute approximate surface area is 190 Å². The summed E-state index contributed by atoms with van der Waals surface area (Å²) in [6, 6.07) is 7.66. The molecule has 0 saturated heterocycles. The molecule has 3 aromatic heterocycles. The lowest BCUT2D eigenvalue weighted by atomic mass is 10.3. The van der Waals surface area contributed by atoms with Crippen molar-refractivity contribution in [2.45, 2.75) is 18.9 Å². The first-order chi connectivity index (χ1) is 15.5. The summed E-state index contributed by atoms with van der Waals surface area (Å²) >= 11 is 2.43. The second-order valence-corrected chi connectivity index (χ2v) is 8.65. The number of thiophene rings is 1. The number of ether oxygens (including phenoxy) is 1. The molecule has 0 fully saturated rings. The van der Waals surface area contributed by atoms with Gasteiger partial charge in [-0.2, -0.15) is 5.10 Å². The number of fused-ring (bicyclic) bond motifs is 1. The van der Waals surface area contributed by atoms with E-state index in [1.54, 1.807) is 42.9 Å². The van der Waals surface area contributed by atoms with E-state index in [2.05, 4.69) is 20.4 Å². The summed E-state index contributed by atoms with van der Waals surface area (Å²) < 4.78 is 19.8. The Balaban J connectivity index is 1.45. The number of nitrogens with zero attached hydrogens (tertiary/aromatic N) is 4. The normalized spacial score (nSPS) is 11.0. The van der Waals surface area contributed by atoms with E-state index >= 15 is 0 Å². The number of rotatable bonds is 7. The number of hydrogen-bond acceptors (Lipinski definition) is 8. The van der Waals surface area contributed by atoms with E-state index in [0.717, 1.165) is 5.56 Å². The maximum atomic E-state index is 13.2. The summed E-state index contributed by atoms with van der Waals surface area (Å²) in [4.78, 5) is 33.4. The van der Waals surface area contributed by atoms with E-state index in [0.29, 0.717) is 38.2 Å². The fraction of sp³-hybridized carbons (Fsp3) is 0.190. The van der Waals surface area contributed by atoms with Gasteiger partial charge in [0.2, 0.25) is 5.91 Å². The summed E-state index contributed by atoms with van der Waals surface area (Å²) in [5, 5.41) is 9.00. The Bertz CT molecular complexity index is 1290. The highest BCUT2D eigenvalue weighted by Crippen LogP contribution is 2.29. The highest BCUT2D eigenvalue weighted by atomic mass is 32.2. The third-order valence-corrected chi connectivity index (χ3v) is 6.52. The van der Waals surface area contributed by atoms with Gasteiger partial charge in [0, 0.05) is 0 Å². The molecule has 4 aromatic rings. The van der Waals surface area contributed by atoms with Gasteiger partial charge in [-0.05, 0) is 49.7 Å². The summed E-state index contributed by atoms with van der Waals surface area (Å²) in [5.41, 5.74) is 1.98. The minimum Gasteiger partial charge on any atom is -0.462 e. The maximum absolute atomic E-state index is 13.2. The molecule has 1 N–H and O–H groups in total. The van der Waals surface area contributed by atoms with Crippen molar-refractivity contribution in [2.75, 3.05) is 17.7 Å². The molecule has 0 aliphatic heterocycles. The second kappa shape index (κ2) is 9.45. The van der Waals surface area contributed by atoms with Crippen molar-refractivity contribution in [2.24, 2.45) is 0 Å². The second-order valence-electron chi connectivity index (χ2n) is 6.63. The number of amides is 1. The fourth-order valence-electron chi connectivity index (χ4n) is 2.96. The lowest BCUT2D eigenvalue weighted by molar-refractivity contribution is -0.113. The number of nitrogens with one attached hydrogen (secondary N) is 1. The third-order valence-electron chi connectivity index (χ3n) is 4.38.